The number of alkyl halides is 2. The van der Waals surface area contributed by atoms with Crippen LogP contribution in [0.1, 0.15) is 63.9 Å². The molecule has 4 nitrogen and oxygen atoms in total. The Hall–Kier alpha value is -2.63. The summed E-state index contributed by atoms with van der Waals surface area (Å²) >= 11 is 0. The molecule has 2 aromatic carbocycles. The third-order valence-electron chi connectivity index (χ3n) is 8.90. The van der Waals surface area contributed by atoms with Gasteiger partial charge in [-0.05, 0) is 85.8 Å². The summed E-state index contributed by atoms with van der Waals surface area (Å²) in [5.41, 5.74) is -0.0401. The summed E-state index contributed by atoms with van der Waals surface area (Å²) in [6, 6.07) is 9.20. The highest BCUT2D eigenvalue weighted by Crippen LogP contribution is 2.43. The Morgan fingerprint density at radius 1 is 0.795 bits per heavy atom. The van der Waals surface area contributed by atoms with E-state index in [1.54, 1.807) is 0 Å². The molecule has 0 atom stereocenters. The van der Waals surface area contributed by atoms with E-state index in [-0.39, 0.29) is 23.5 Å². The lowest BCUT2D eigenvalue weighted by molar-refractivity contribution is -0.251. The Kier molecular flexibility index (Phi) is 8.49. The molecule has 0 unspecified atom stereocenters. The van der Waals surface area contributed by atoms with Crippen molar-refractivity contribution < 1.29 is 31.8 Å². The van der Waals surface area contributed by atoms with Gasteiger partial charge in [0, 0.05) is 11.8 Å². The molecule has 0 aromatic heterocycles. The Labute approximate surface area is 227 Å². The van der Waals surface area contributed by atoms with E-state index in [1.165, 1.54) is 56.0 Å². The van der Waals surface area contributed by atoms with Crippen molar-refractivity contribution >= 4 is 0 Å². The summed E-state index contributed by atoms with van der Waals surface area (Å²) in [6.45, 7) is 3.70. The Morgan fingerprint density at radius 2 is 1.36 bits per heavy atom. The van der Waals surface area contributed by atoms with Crippen LogP contribution in [0.2, 0.25) is 0 Å². The van der Waals surface area contributed by atoms with Crippen molar-refractivity contribution in [3.63, 3.8) is 0 Å². The summed E-state index contributed by atoms with van der Waals surface area (Å²) in [5.74, 6) is -0.884. The Morgan fingerprint density at radius 3 is 1.92 bits per heavy atom. The van der Waals surface area contributed by atoms with Gasteiger partial charge in [0.15, 0.2) is 6.29 Å². The maximum absolute atomic E-state index is 15.0. The molecule has 0 amide bonds. The monoisotopic (exact) mass is 545 g/mol. The quantitative estimate of drug-likeness (QED) is 0.344. The van der Waals surface area contributed by atoms with Crippen molar-refractivity contribution in [3.8, 4) is 22.9 Å². The SMILES string of the molecule is CC1CCC(C2COC(C3CCC(C(F)(F)Oc4ccc(-c5cc(F)c(C#N)c(F)c5)cc4)CC3)OC2)CC1. The van der Waals surface area contributed by atoms with Crippen LogP contribution in [0.3, 0.4) is 0 Å². The van der Waals surface area contributed by atoms with Gasteiger partial charge in [-0.15, -0.1) is 0 Å². The average Bonchev–Trinajstić information content (AvgIpc) is 2.94. The lowest BCUT2D eigenvalue weighted by Crippen LogP contribution is -2.43. The van der Waals surface area contributed by atoms with Crippen LogP contribution in [0.25, 0.3) is 11.1 Å². The molecule has 1 heterocycles. The summed E-state index contributed by atoms with van der Waals surface area (Å²) in [4.78, 5) is 0. The minimum Gasteiger partial charge on any atom is -0.432 e. The third-order valence-corrected chi connectivity index (χ3v) is 8.90. The molecule has 3 fully saturated rings. The number of nitrogens with zero attached hydrogens (tertiary/aromatic N) is 1. The third kappa shape index (κ3) is 6.41. The number of nitriles is 1. The summed E-state index contributed by atoms with van der Waals surface area (Å²) in [6.07, 6.45) is 3.15. The number of hydrogen-bond donors (Lipinski definition) is 0. The fourth-order valence-corrected chi connectivity index (χ4v) is 6.36. The first-order chi connectivity index (χ1) is 18.7. The fraction of sp³-hybridized carbons (Fsp3) is 0.581. The smallest absolute Gasteiger partial charge is 0.400 e. The first-order valence-electron chi connectivity index (χ1n) is 14.0. The highest BCUT2D eigenvalue weighted by molar-refractivity contribution is 5.65. The molecule has 1 saturated heterocycles. The van der Waals surface area contributed by atoms with E-state index in [1.807, 2.05) is 0 Å². The maximum Gasteiger partial charge on any atom is 0.400 e. The van der Waals surface area contributed by atoms with Crippen molar-refractivity contribution in [2.45, 2.75) is 70.7 Å². The van der Waals surface area contributed by atoms with Crippen LogP contribution in [0.4, 0.5) is 17.6 Å². The Bertz CT molecular complexity index is 1130. The minimum atomic E-state index is -3.35. The van der Waals surface area contributed by atoms with Gasteiger partial charge in [0.1, 0.15) is 29.0 Å². The van der Waals surface area contributed by atoms with Gasteiger partial charge >= 0.3 is 6.11 Å². The Balaban J connectivity index is 1.11. The zero-order valence-corrected chi connectivity index (χ0v) is 22.2. The molecule has 5 rings (SSSR count). The van der Waals surface area contributed by atoms with E-state index >= 15 is 8.78 Å². The van der Waals surface area contributed by atoms with Gasteiger partial charge in [-0.2, -0.15) is 14.0 Å². The fourth-order valence-electron chi connectivity index (χ4n) is 6.36. The summed E-state index contributed by atoms with van der Waals surface area (Å²) in [7, 11) is 0. The first kappa shape index (κ1) is 27.9. The molecule has 39 heavy (non-hydrogen) atoms. The summed E-state index contributed by atoms with van der Waals surface area (Å²) in [5, 5.41) is 8.82. The van der Waals surface area contributed by atoms with Gasteiger partial charge in [-0.1, -0.05) is 31.9 Å². The van der Waals surface area contributed by atoms with E-state index in [0.29, 0.717) is 56.3 Å². The van der Waals surface area contributed by atoms with Crippen molar-refractivity contribution in [2.75, 3.05) is 13.2 Å². The van der Waals surface area contributed by atoms with Gasteiger partial charge in [0.05, 0.1) is 19.1 Å². The molecule has 1 aliphatic heterocycles. The van der Waals surface area contributed by atoms with Crippen molar-refractivity contribution in [1.82, 2.24) is 0 Å². The standard InChI is InChI=1S/C31H35F4NO3/c1-19-2-4-21(5-3-19)24-17-37-30(38-18-24)22-6-10-25(11-7-22)31(34,35)39-26-12-8-20(9-13-26)23-14-28(32)27(16-36)29(33)15-23/h8-9,12-15,19,21-22,24-25,30H,2-7,10-11,17-18H2,1H3. The zero-order valence-electron chi connectivity index (χ0n) is 22.2. The van der Waals surface area contributed by atoms with E-state index in [2.05, 4.69) is 6.92 Å². The highest BCUT2D eigenvalue weighted by Gasteiger charge is 2.46. The second kappa shape index (κ2) is 11.9. The van der Waals surface area contributed by atoms with Gasteiger partial charge in [-0.3, -0.25) is 0 Å². The largest absolute Gasteiger partial charge is 0.432 e. The van der Waals surface area contributed by atoms with Gasteiger partial charge < -0.3 is 14.2 Å². The zero-order chi connectivity index (χ0) is 27.6. The van der Waals surface area contributed by atoms with Crippen LogP contribution >= 0.6 is 0 Å². The molecular weight excluding hydrogens is 510 g/mol. The number of rotatable bonds is 6. The van der Waals surface area contributed by atoms with Crippen LogP contribution in [0.5, 0.6) is 5.75 Å². The molecule has 8 heteroatoms. The van der Waals surface area contributed by atoms with E-state index in [9.17, 15) is 8.78 Å². The molecule has 2 aromatic rings. The number of hydrogen-bond acceptors (Lipinski definition) is 4. The highest BCUT2D eigenvalue weighted by atomic mass is 19.3. The molecule has 0 radical (unpaired) electrons. The van der Waals surface area contributed by atoms with Crippen molar-refractivity contribution in [1.29, 1.82) is 5.26 Å². The molecule has 2 aliphatic carbocycles. The number of benzene rings is 2. The molecule has 0 N–H and O–H groups in total. The molecule has 0 spiro atoms. The molecule has 0 bridgehead atoms. The molecule has 2 saturated carbocycles. The van der Waals surface area contributed by atoms with Crippen LogP contribution < -0.4 is 4.74 Å². The molecule has 3 aliphatic rings. The minimum absolute atomic E-state index is 0.0254. The predicted molar refractivity (Wildman–Crippen MR) is 138 cm³/mol. The second-order valence-electron chi connectivity index (χ2n) is 11.5. The molecule has 210 valence electrons. The average molecular weight is 546 g/mol. The summed E-state index contributed by atoms with van der Waals surface area (Å²) < 4.78 is 75.3. The topological polar surface area (TPSA) is 51.5 Å². The van der Waals surface area contributed by atoms with Crippen LogP contribution in [-0.4, -0.2) is 25.6 Å². The van der Waals surface area contributed by atoms with E-state index in [0.717, 1.165) is 18.1 Å². The van der Waals surface area contributed by atoms with Crippen LogP contribution in [-0.2, 0) is 9.47 Å². The van der Waals surface area contributed by atoms with Gasteiger partial charge in [-0.25, -0.2) is 8.78 Å². The lowest BCUT2D eigenvalue weighted by atomic mass is 9.76. The van der Waals surface area contributed by atoms with Crippen molar-refractivity contribution in [2.24, 2.45) is 29.6 Å². The lowest BCUT2D eigenvalue weighted by Gasteiger charge is -2.41. The number of halogens is 4. The number of ether oxygens (including phenoxy) is 3. The van der Waals surface area contributed by atoms with Gasteiger partial charge in [0.25, 0.3) is 0 Å². The predicted octanol–water partition coefficient (Wildman–Crippen LogP) is 8.10. The first-order valence-corrected chi connectivity index (χ1v) is 14.0. The van der Waals surface area contributed by atoms with Crippen molar-refractivity contribution in [3.05, 3.63) is 53.6 Å². The van der Waals surface area contributed by atoms with E-state index < -0.39 is 29.2 Å². The maximum atomic E-state index is 15.0. The van der Waals surface area contributed by atoms with Gasteiger partial charge in [0.2, 0.25) is 0 Å². The van der Waals surface area contributed by atoms with Crippen LogP contribution in [0.15, 0.2) is 36.4 Å². The van der Waals surface area contributed by atoms with E-state index in [4.69, 9.17) is 19.5 Å². The normalized spacial score (nSPS) is 29.9. The van der Waals surface area contributed by atoms with Crippen LogP contribution in [0, 0.1) is 52.6 Å². The molecular formula is C31H35F4NO3. The second-order valence-corrected chi connectivity index (χ2v) is 11.5.